The van der Waals surface area contributed by atoms with Crippen LogP contribution in [-0.2, 0) is 11.3 Å². The van der Waals surface area contributed by atoms with Crippen molar-refractivity contribution in [1.29, 1.82) is 0 Å². The van der Waals surface area contributed by atoms with Crippen molar-refractivity contribution < 1.29 is 4.79 Å². The Morgan fingerprint density at radius 2 is 1.85 bits per heavy atom. The number of aryl methyl sites for hydroxylation is 1. The van der Waals surface area contributed by atoms with Crippen LogP contribution in [0.1, 0.15) is 43.2 Å². The summed E-state index contributed by atoms with van der Waals surface area (Å²) in [5.74, 6) is 1.43. The molecule has 26 heavy (non-hydrogen) atoms. The number of aromatic nitrogens is 1. The Morgan fingerprint density at radius 3 is 2.62 bits per heavy atom. The number of rotatable bonds is 3. The predicted octanol–water partition coefficient (Wildman–Crippen LogP) is 4.32. The number of hydrogen-bond donors (Lipinski definition) is 0. The lowest BCUT2D eigenvalue weighted by Gasteiger charge is -2.38. The van der Waals surface area contributed by atoms with Crippen molar-refractivity contribution in [1.82, 2.24) is 4.98 Å². The Labute approximate surface area is 155 Å². The maximum absolute atomic E-state index is 13.1. The predicted molar refractivity (Wildman–Crippen MR) is 105 cm³/mol. The van der Waals surface area contributed by atoms with Crippen LogP contribution in [0.25, 0.3) is 0 Å². The minimum atomic E-state index is 0.195. The van der Waals surface area contributed by atoms with E-state index in [0.717, 1.165) is 44.0 Å². The van der Waals surface area contributed by atoms with Gasteiger partial charge in [0, 0.05) is 31.7 Å². The first-order valence-electron chi connectivity index (χ1n) is 9.79. The smallest absolute Gasteiger partial charge is 0.230 e. The van der Waals surface area contributed by atoms with E-state index in [2.05, 4.69) is 41.1 Å². The van der Waals surface area contributed by atoms with Crippen LogP contribution < -0.4 is 9.80 Å². The Kier molecular flexibility index (Phi) is 4.91. The highest BCUT2D eigenvalue weighted by Gasteiger charge is 2.32. The normalized spacial score (nSPS) is 17.9. The highest BCUT2D eigenvalue weighted by Crippen LogP contribution is 2.35. The van der Waals surface area contributed by atoms with Gasteiger partial charge in [0.1, 0.15) is 0 Å². The Balaban J connectivity index is 1.56. The van der Waals surface area contributed by atoms with E-state index in [0.29, 0.717) is 5.91 Å². The fourth-order valence-corrected chi connectivity index (χ4v) is 4.16. The number of amides is 1. The van der Waals surface area contributed by atoms with Gasteiger partial charge in [-0.25, -0.2) is 4.98 Å². The zero-order valence-electron chi connectivity index (χ0n) is 15.5. The number of hydrogen-bond acceptors (Lipinski definition) is 3. The molecule has 0 radical (unpaired) electrons. The second-order valence-electron chi connectivity index (χ2n) is 7.58. The van der Waals surface area contributed by atoms with Gasteiger partial charge in [0.15, 0.2) is 5.82 Å². The van der Waals surface area contributed by atoms with Crippen LogP contribution in [0.2, 0.25) is 0 Å². The lowest BCUT2D eigenvalue weighted by molar-refractivity contribution is -0.123. The van der Waals surface area contributed by atoms with Gasteiger partial charge in [0.2, 0.25) is 5.91 Å². The summed E-state index contributed by atoms with van der Waals surface area (Å²) in [5.41, 5.74) is 3.52. The van der Waals surface area contributed by atoms with Gasteiger partial charge in [-0.1, -0.05) is 49.1 Å². The second kappa shape index (κ2) is 7.48. The quantitative estimate of drug-likeness (QED) is 0.828. The summed E-state index contributed by atoms with van der Waals surface area (Å²) >= 11 is 0. The first-order chi connectivity index (χ1) is 12.7. The van der Waals surface area contributed by atoms with Crippen molar-refractivity contribution in [2.45, 2.75) is 45.6 Å². The van der Waals surface area contributed by atoms with E-state index in [1.165, 1.54) is 30.4 Å². The number of carbonyl (C=O) groups is 1. The van der Waals surface area contributed by atoms with E-state index in [-0.39, 0.29) is 5.92 Å². The van der Waals surface area contributed by atoms with Gasteiger partial charge in [0.05, 0.1) is 5.69 Å². The maximum atomic E-state index is 13.1. The van der Waals surface area contributed by atoms with E-state index in [1.54, 1.807) is 0 Å². The monoisotopic (exact) mass is 349 g/mol. The number of pyridine rings is 1. The topological polar surface area (TPSA) is 36.4 Å². The molecule has 0 spiro atoms. The minimum Gasteiger partial charge on any atom is -0.349 e. The highest BCUT2D eigenvalue weighted by atomic mass is 16.2. The van der Waals surface area contributed by atoms with Crippen molar-refractivity contribution in [3.8, 4) is 0 Å². The largest absolute Gasteiger partial charge is 0.349 e. The van der Waals surface area contributed by atoms with Gasteiger partial charge in [-0.2, -0.15) is 0 Å². The van der Waals surface area contributed by atoms with Crippen molar-refractivity contribution in [2.75, 3.05) is 22.9 Å². The third-order valence-corrected chi connectivity index (χ3v) is 5.66. The molecule has 1 aromatic heterocycles. The zero-order valence-corrected chi connectivity index (χ0v) is 15.5. The Bertz CT molecular complexity index is 765. The van der Waals surface area contributed by atoms with Crippen LogP contribution in [0.4, 0.5) is 11.5 Å². The third kappa shape index (κ3) is 3.46. The van der Waals surface area contributed by atoms with Crippen LogP contribution >= 0.6 is 0 Å². The average molecular weight is 349 g/mol. The van der Waals surface area contributed by atoms with E-state index in [9.17, 15) is 4.79 Å². The molecule has 1 aliphatic carbocycles. The molecular formula is C22H27N3O. The van der Waals surface area contributed by atoms with Crippen LogP contribution in [0.5, 0.6) is 0 Å². The van der Waals surface area contributed by atoms with Crippen molar-refractivity contribution >= 4 is 17.4 Å². The molecule has 1 aliphatic heterocycles. The molecule has 4 nitrogen and oxygen atoms in total. The summed E-state index contributed by atoms with van der Waals surface area (Å²) < 4.78 is 0. The zero-order chi connectivity index (χ0) is 17.9. The van der Waals surface area contributed by atoms with Crippen LogP contribution in [0.15, 0.2) is 42.6 Å². The number of fused-ring (bicyclic) bond motifs is 1. The number of carbonyl (C=O) groups excluding carboxylic acids is 1. The SMILES string of the molecule is Cc1ccc(CN2CCN(C(=O)C3CCCCC3)c3cccnc32)cc1. The Morgan fingerprint density at radius 1 is 1.08 bits per heavy atom. The molecule has 0 N–H and O–H groups in total. The molecule has 1 fully saturated rings. The highest BCUT2D eigenvalue weighted by molar-refractivity contribution is 5.98. The molecule has 0 saturated heterocycles. The van der Waals surface area contributed by atoms with Gasteiger partial charge >= 0.3 is 0 Å². The fourth-order valence-electron chi connectivity index (χ4n) is 4.16. The molecule has 1 saturated carbocycles. The van der Waals surface area contributed by atoms with E-state index < -0.39 is 0 Å². The summed E-state index contributed by atoms with van der Waals surface area (Å²) in [6, 6.07) is 12.6. The molecule has 0 unspecified atom stereocenters. The first-order valence-corrected chi connectivity index (χ1v) is 9.79. The molecule has 4 heteroatoms. The second-order valence-corrected chi connectivity index (χ2v) is 7.58. The molecule has 2 aliphatic rings. The minimum absolute atomic E-state index is 0.195. The average Bonchev–Trinajstić information content (AvgIpc) is 2.70. The molecule has 2 aromatic rings. The standard InChI is InChI=1S/C22H27N3O/c1-17-9-11-18(12-10-17)16-24-14-15-25(20-8-5-13-23-21(20)24)22(26)19-6-3-2-4-7-19/h5,8-13,19H,2-4,6-7,14-16H2,1H3. The summed E-state index contributed by atoms with van der Waals surface area (Å²) in [6.07, 6.45) is 7.55. The molecule has 1 amide bonds. The fraction of sp³-hybridized carbons (Fsp3) is 0.455. The lowest BCUT2D eigenvalue weighted by Crippen LogP contribution is -2.46. The van der Waals surface area contributed by atoms with Crippen molar-refractivity contribution in [3.63, 3.8) is 0 Å². The lowest BCUT2D eigenvalue weighted by atomic mass is 9.88. The molecule has 0 bridgehead atoms. The molecule has 2 heterocycles. The summed E-state index contributed by atoms with van der Waals surface area (Å²) in [6.45, 7) is 4.52. The molecule has 1 aromatic carbocycles. The van der Waals surface area contributed by atoms with Crippen LogP contribution in [0, 0.1) is 12.8 Å². The van der Waals surface area contributed by atoms with Crippen molar-refractivity contribution in [3.05, 3.63) is 53.7 Å². The summed E-state index contributed by atoms with van der Waals surface area (Å²) in [4.78, 5) is 22.0. The number of benzene rings is 1. The molecule has 0 atom stereocenters. The maximum Gasteiger partial charge on any atom is 0.230 e. The van der Waals surface area contributed by atoms with Gasteiger partial charge < -0.3 is 9.80 Å². The third-order valence-electron chi connectivity index (χ3n) is 5.66. The van der Waals surface area contributed by atoms with E-state index in [1.807, 2.05) is 23.2 Å². The van der Waals surface area contributed by atoms with Crippen LogP contribution in [-0.4, -0.2) is 24.0 Å². The molecular weight excluding hydrogens is 322 g/mol. The van der Waals surface area contributed by atoms with Gasteiger partial charge in [-0.15, -0.1) is 0 Å². The van der Waals surface area contributed by atoms with Gasteiger partial charge in [0.25, 0.3) is 0 Å². The van der Waals surface area contributed by atoms with Crippen molar-refractivity contribution in [2.24, 2.45) is 5.92 Å². The van der Waals surface area contributed by atoms with E-state index in [4.69, 9.17) is 0 Å². The Hall–Kier alpha value is -2.36. The van der Waals surface area contributed by atoms with Gasteiger partial charge in [-0.05, 0) is 37.5 Å². The first kappa shape index (κ1) is 17.1. The molecule has 4 rings (SSSR count). The number of nitrogens with zero attached hydrogens (tertiary/aromatic N) is 3. The van der Waals surface area contributed by atoms with Gasteiger partial charge in [-0.3, -0.25) is 4.79 Å². The van der Waals surface area contributed by atoms with E-state index >= 15 is 0 Å². The summed E-state index contributed by atoms with van der Waals surface area (Å²) in [7, 11) is 0. The summed E-state index contributed by atoms with van der Waals surface area (Å²) in [5, 5.41) is 0. The molecule has 136 valence electrons. The number of anilines is 2. The van der Waals surface area contributed by atoms with Crippen LogP contribution in [0.3, 0.4) is 0 Å².